The molecule has 0 aliphatic carbocycles. The summed E-state index contributed by atoms with van der Waals surface area (Å²) in [7, 11) is 0. The molecule has 0 spiro atoms. The summed E-state index contributed by atoms with van der Waals surface area (Å²) in [4.78, 5) is 17.6. The van der Waals surface area contributed by atoms with Gasteiger partial charge in [0.1, 0.15) is 5.01 Å². The highest BCUT2D eigenvalue weighted by atomic mass is 32.1. The number of carbonyl (C=O) groups is 1. The molecule has 1 unspecified atom stereocenters. The first-order valence-corrected chi connectivity index (χ1v) is 5.92. The second kappa shape index (κ2) is 3.90. The van der Waals surface area contributed by atoms with Crippen LogP contribution in [0.4, 0.5) is 0 Å². The van der Waals surface area contributed by atoms with Crippen molar-refractivity contribution in [3.63, 3.8) is 0 Å². The average molecular weight is 226 g/mol. The Morgan fingerprint density at radius 2 is 2.27 bits per heavy atom. The quantitative estimate of drug-likeness (QED) is 0.849. The molecule has 0 bridgehead atoms. The van der Waals surface area contributed by atoms with Crippen LogP contribution in [0, 0.1) is 0 Å². The Bertz CT molecular complexity index is 346. The smallest absolute Gasteiger partial charge is 0.331 e. The summed E-state index contributed by atoms with van der Waals surface area (Å²) in [5, 5.41) is 11.9. The van der Waals surface area contributed by atoms with E-state index in [4.69, 9.17) is 0 Å². The van der Waals surface area contributed by atoms with E-state index in [1.165, 1.54) is 11.3 Å². The van der Waals surface area contributed by atoms with E-state index in [-0.39, 0.29) is 0 Å². The molecular formula is C10H14N2O2S. The molecular weight excluding hydrogens is 212 g/mol. The number of hydrogen-bond acceptors (Lipinski definition) is 4. The van der Waals surface area contributed by atoms with Crippen molar-refractivity contribution in [3.8, 4) is 0 Å². The molecule has 2 rings (SSSR count). The first-order valence-electron chi connectivity index (χ1n) is 5.04. The Kier molecular flexibility index (Phi) is 2.75. The van der Waals surface area contributed by atoms with Gasteiger partial charge in [-0.15, -0.1) is 11.3 Å². The van der Waals surface area contributed by atoms with Gasteiger partial charge in [-0.1, -0.05) is 0 Å². The van der Waals surface area contributed by atoms with Crippen LogP contribution < -0.4 is 0 Å². The predicted octanol–water partition coefficient (Wildman–Crippen LogP) is 1.54. The first-order chi connectivity index (χ1) is 7.15. The fourth-order valence-electron chi connectivity index (χ4n) is 1.99. The second-order valence-corrected chi connectivity index (χ2v) is 4.80. The minimum atomic E-state index is -0.940. The number of hydrogen-bond donors (Lipinski definition) is 1. The maximum atomic E-state index is 11.4. The van der Waals surface area contributed by atoms with Crippen molar-refractivity contribution in [2.24, 2.45) is 0 Å². The van der Waals surface area contributed by atoms with Crippen LogP contribution in [0.15, 0.2) is 11.6 Å². The summed E-state index contributed by atoms with van der Waals surface area (Å²) >= 11 is 1.41. The molecule has 1 aromatic heterocycles. The highest BCUT2D eigenvalue weighted by molar-refractivity contribution is 7.09. The fourth-order valence-corrected chi connectivity index (χ4v) is 2.81. The number of thiazole rings is 1. The highest BCUT2D eigenvalue weighted by Gasteiger charge is 2.44. The molecule has 1 aromatic rings. The summed E-state index contributed by atoms with van der Waals surface area (Å²) in [6, 6.07) is 0. The van der Waals surface area contributed by atoms with Crippen molar-refractivity contribution >= 4 is 17.3 Å². The van der Waals surface area contributed by atoms with Crippen molar-refractivity contribution in [2.45, 2.75) is 25.3 Å². The van der Waals surface area contributed by atoms with E-state index in [0.717, 1.165) is 25.9 Å². The van der Waals surface area contributed by atoms with Crippen LogP contribution >= 0.6 is 11.3 Å². The van der Waals surface area contributed by atoms with Gasteiger partial charge in [0.15, 0.2) is 5.54 Å². The fraction of sp³-hybridized carbons (Fsp3) is 0.600. The van der Waals surface area contributed by atoms with E-state index < -0.39 is 11.5 Å². The summed E-state index contributed by atoms with van der Waals surface area (Å²) in [5.74, 6) is -0.806. The van der Waals surface area contributed by atoms with Crippen molar-refractivity contribution < 1.29 is 9.90 Å². The Morgan fingerprint density at radius 1 is 1.60 bits per heavy atom. The van der Waals surface area contributed by atoms with Gasteiger partial charge < -0.3 is 5.11 Å². The lowest BCUT2D eigenvalue weighted by Gasteiger charge is -2.32. The predicted molar refractivity (Wildman–Crippen MR) is 57.9 cm³/mol. The molecule has 4 nitrogen and oxygen atoms in total. The Balaban J connectivity index is 2.35. The summed E-state index contributed by atoms with van der Waals surface area (Å²) in [5.41, 5.74) is -0.940. The van der Waals surface area contributed by atoms with Crippen LogP contribution in [0.25, 0.3) is 0 Å². The Morgan fingerprint density at radius 3 is 2.73 bits per heavy atom. The van der Waals surface area contributed by atoms with Crippen molar-refractivity contribution in [2.75, 3.05) is 13.1 Å². The Labute approximate surface area is 92.6 Å². The average Bonchev–Trinajstić information content (AvgIpc) is 2.89. The molecule has 0 amide bonds. The lowest BCUT2D eigenvalue weighted by molar-refractivity contribution is -0.150. The number of likely N-dealkylation sites (tertiary alicyclic amines) is 1. The van der Waals surface area contributed by atoms with Crippen LogP contribution in [0.2, 0.25) is 0 Å². The Hall–Kier alpha value is -0.940. The van der Waals surface area contributed by atoms with E-state index in [9.17, 15) is 9.90 Å². The molecule has 82 valence electrons. The van der Waals surface area contributed by atoms with E-state index in [2.05, 4.69) is 4.98 Å². The third-order valence-corrected chi connectivity index (χ3v) is 3.99. The third kappa shape index (κ3) is 1.66. The van der Waals surface area contributed by atoms with Crippen molar-refractivity contribution in [1.29, 1.82) is 0 Å². The van der Waals surface area contributed by atoms with Gasteiger partial charge in [0, 0.05) is 11.6 Å². The minimum absolute atomic E-state index is 0.678. The van der Waals surface area contributed by atoms with Crippen LogP contribution in [0.1, 0.15) is 24.8 Å². The molecule has 0 radical (unpaired) electrons. The van der Waals surface area contributed by atoms with Crippen molar-refractivity contribution in [3.05, 3.63) is 16.6 Å². The molecule has 1 saturated heterocycles. The topological polar surface area (TPSA) is 53.4 Å². The molecule has 1 atom stereocenters. The molecule has 1 aliphatic heterocycles. The van der Waals surface area contributed by atoms with Gasteiger partial charge >= 0.3 is 5.97 Å². The van der Waals surface area contributed by atoms with Gasteiger partial charge in [-0.05, 0) is 32.9 Å². The van der Waals surface area contributed by atoms with Gasteiger partial charge in [-0.2, -0.15) is 0 Å². The number of rotatable bonds is 3. The number of aliphatic carboxylic acids is 1. The molecule has 1 N–H and O–H groups in total. The molecule has 0 aromatic carbocycles. The van der Waals surface area contributed by atoms with Gasteiger partial charge in [0.05, 0.1) is 0 Å². The SMILES string of the molecule is CC(C(=O)O)(c1nccs1)N1CCCC1. The van der Waals surface area contributed by atoms with E-state index >= 15 is 0 Å². The summed E-state index contributed by atoms with van der Waals surface area (Å²) < 4.78 is 0. The van der Waals surface area contributed by atoms with Crippen molar-refractivity contribution in [1.82, 2.24) is 9.88 Å². The van der Waals surface area contributed by atoms with E-state index in [1.807, 2.05) is 10.3 Å². The number of aromatic nitrogens is 1. The molecule has 1 aliphatic rings. The number of carboxylic acids is 1. The van der Waals surface area contributed by atoms with E-state index in [1.54, 1.807) is 13.1 Å². The largest absolute Gasteiger partial charge is 0.480 e. The van der Waals surface area contributed by atoms with Gasteiger partial charge in [0.25, 0.3) is 0 Å². The molecule has 1 fully saturated rings. The van der Waals surface area contributed by atoms with Gasteiger partial charge in [0.2, 0.25) is 0 Å². The lowest BCUT2D eigenvalue weighted by Crippen LogP contribution is -2.48. The molecule has 0 saturated carbocycles. The summed E-state index contributed by atoms with van der Waals surface area (Å²) in [6.45, 7) is 3.45. The zero-order valence-electron chi connectivity index (χ0n) is 8.64. The zero-order valence-corrected chi connectivity index (χ0v) is 9.46. The number of carboxylic acid groups (broad SMARTS) is 1. The molecule has 5 heteroatoms. The third-order valence-electron chi connectivity index (χ3n) is 3.00. The van der Waals surface area contributed by atoms with Crippen LogP contribution in [-0.2, 0) is 10.3 Å². The number of nitrogens with zero attached hydrogens (tertiary/aromatic N) is 2. The van der Waals surface area contributed by atoms with Gasteiger partial charge in [-0.3, -0.25) is 4.90 Å². The molecule has 2 heterocycles. The van der Waals surface area contributed by atoms with Crippen LogP contribution in [0.5, 0.6) is 0 Å². The summed E-state index contributed by atoms with van der Waals surface area (Å²) in [6.07, 6.45) is 3.82. The lowest BCUT2D eigenvalue weighted by atomic mass is 10.0. The minimum Gasteiger partial charge on any atom is -0.480 e. The van der Waals surface area contributed by atoms with Crippen LogP contribution in [0.3, 0.4) is 0 Å². The second-order valence-electron chi connectivity index (χ2n) is 3.91. The first kappa shape index (κ1) is 10.6. The molecule has 15 heavy (non-hydrogen) atoms. The maximum absolute atomic E-state index is 11.4. The normalized spacial score (nSPS) is 21.4. The highest BCUT2D eigenvalue weighted by Crippen LogP contribution is 2.32. The monoisotopic (exact) mass is 226 g/mol. The van der Waals surface area contributed by atoms with E-state index in [0.29, 0.717) is 5.01 Å². The maximum Gasteiger partial charge on any atom is 0.331 e. The standard InChI is InChI=1S/C10H14N2O2S/c1-10(9(13)14,8-11-4-7-15-8)12-5-2-3-6-12/h4,7H,2-3,5-6H2,1H3,(H,13,14). The van der Waals surface area contributed by atoms with Gasteiger partial charge in [-0.25, -0.2) is 9.78 Å². The zero-order chi connectivity index (χ0) is 10.9. The van der Waals surface area contributed by atoms with Crippen LogP contribution in [-0.4, -0.2) is 34.0 Å².